The quantitative estimate of drug-likeness (QED) is 0.382. The summed E-state index contributed by atoms with van der Waals surface area (Å²) in [7, 11) is 5.53. The molecule has 0 heterocycles. The van der Waals surface area contributed by atoms with Crippen LogP contribution in [0.2, 0.25) is 0 Å². The van der Waals surface area contributed by atoms with Crippen LogP contribution in [0.25, 0.3) is 0 Å². The van der Waals surface area contributed by atoms with Gasteiger partial charge in [0.15, 0.2) is 5.96 Å². The maximum Gasteiger partial charge on any atom is 0.191 e. The Labute approximate surface area is 170 Å². The summed E-state index contributed by atoms with van der Waals surface area (Å²) in [6.45, 7) is 0.867. The lowest BCUT2D eigenvalue weighted by Gasteiger charge is -2.26. The molecule has 142 valence electrons. The van der Waals surface area contributed by atoms with Gasteiger partial charge in [0, 0.05) is 25.7 Å². The van der Waals surface area contributed by atoms with Crippen LogP contribution in [0.5, 0.6) is 0 Å². The molecule has 2 aromatic rings. The van der Waals surface area contributed by atoms with Crippen LogP contribution in [0.15, 0.2) is 53.5 Å². The predicted octanol–water partition coefficient (Wildman–Crippen LogP) is 3.55. The van der Waals surface area contributed by atoms with Crippen molar-refractivity contribution in [1.29, 1.82) is 0 Å². The lowest BCUT2D eigenvalue weighted by atomic mass is 10.1. The molecule has 0 spiro atoms. The van der Waals surface area contributed by atoms with Gasteiger partial charge in [-0.15, -0.1) is 24.0 Å². The third kappa shape index (κ3) is 6.53. The van der Waals surface area contributed by atoms with Gasteiger partial charge >= 0.3 is 0 Å². The van der Waals surface area contributed by atoms with Gasteiger partial charge in [0.25, 0.3) is 0 Å². The van der Waals surface area contributed by atoms with Gasteiger partial charge < -0.3 is 15.5 Å². The van der Waals surface area contributed by atoms with E-state index in [-0.39, 0.29) is 41.7 Å². The predicted molar refractivity (Wildman–Crippen MR) is 113 cm³/mol. The van der Waals surface area contributed by atoms with E-state index in [0.29, 0.717) is 24.6 Å². The summed E-state index contributed by atoms with van der Waals surface area (Å²) in [5, 5.41) is 6.30. The van der Waals surface area contributed by atoms with E-state index in [0.717, 1.165) is 5.56 Å². The van der Waals surface area contributed by atoms with Crippen LogP contribution in [0.4, 0.5) is 8.78 Å². The summed E-state index contributed by atoms with van der Waals surface area (Å²) < 4.78 is 27.2. The molecule has 26 heavy (non-hydrogen) atoms. The Morgan fingerprint density at radius 2 is 1.81 bits per heavy atom. The Kier molecular flexibility index (Phi) is 9.50. The molecule has 7 heteroatoms. The molecule has 0 aliphatic rings. The monoisotopic (exact) mass is 474 g/mol. The highest BCUT2D eigenvalue weighted by atomic mass is 127. The van der Waals surface area contributed by atoms with Crippen molar-refractivity contribution < 1.29 is 8.78 Å². The molecular weight excluding hydrogens is 449 g/mol. The minimum absolute atomic E-state index is 0. The average Bonchev–Trinajstić information content (AvgIpc) is 2.59. The summed E-state index contributed by atoms with van der Waals surface area (Å²) >= 11 is 0. The van der Waals surface area contributed by atoms with Crippen molar-refractivity contribution in [2.24, 2.45) is 4.99 Å². The standard InChI is InChI=1S/C19H24F2N4.HI/c1-22-19(23-12-15-7-4-5-10-17(15)21)24-13-18(25(2)3)14-8-6-9-16(20)11-14;/h4-11,18H,12-13H2,1-3H3,(H2,22,23,24);1H. The SMILES string of the molecule is CN=C(NCc1ccccc1F)NCC(c1cccc(F)c1)N(C)C.I. The third-order valence-electron chi connectivity index (χ3n) is 3.95. The lowest BCUT2D eigenvalue weighted by Crippen LogP contribution is -2.41. The number of nitrogens with one attached hydrogen (secondary N) is 2. The molecule has 0 aliphatic carbocycles. The van der Waals surface area contributed by atoms with E-state index >= 15 is 0 Å². The van der Waals surface area contributed by atoms with E-state index in [4.69, 9.17) is 0 Å². The number of hydrogen-bond acceptors (Lipinski definition) is 2. The number of guanidine groups is 1. The number of benzene rings is 2. The first-order chi connectivity index (χ1) is 12.0. The molecule has 2 N–H and O–H groups in total. The van der Waals surface area contributed by atoms with E-state index in [1.54, 1.807) is 31.3 Å². The van der Waals surface area contributed by atoms with E-state index < -0.39 is 0 Å². The van der Waals surface area contributed by atoms with Gasteiger partial charge in [-0.25, -0.2) is 8.78 Å². The molecule has 1 unspecified atom stereocenters. The smallest absolute Gasteiger partial charge is 0.191 e. The zero-order valence-corrected chi connectivity index (χ0v) is 17.5. The maximum atomic E-state index is 13.7. The number of aliphatic imine (C=N–C) groups is 1. The number of halogens is 3. The average molecular weight is 474 g/mol. The van der Waals surface area contributed by atoms with Crippen molar-refractivity contribution in [3.63, 3.8) is 0 Å². The third-order valence-corrected chi connectivity index (χ3v) is 3.95. The summed E-state index contributed by atoms with van der Waals surface area (Å²) in [5.41, 5.74) is 1.45. The molecule has 2 aromatic carbocycles. The fourth-order valence-electron chi connectivity index (χ4n) is 2.55. The molecule has 0 aromatic heterocycles. The molecule has 1 atom stereocenters. The van der Waals surface area contributed by atoms with Crippen molar-refractivity contribution in [2.75, 3.05) is 27.7 Å². The van der Waals surface area contributed by atoms with E-state index in [1.807, 2.05) is 25.1 Å². The van der Waals surface area contributed by atoms with Crippen LogP contribution in [0, 0.1) is 11.6 Å². The van der Waals surface area contributed by atoms with Gasteiger partial charge in [0.05, 0.1) is 6.04 Å². The highest BCUT2D eigenvalue weighted by molar-refractivity contribution is 14.0. The largest absolute Gasteiger partial charge is 0.354 e. The summed E-state index contributed by atoms with van der Waals surface area (Å²) in [6.07, 6.45) is 0. The Bertz CT molecular complexity index is 722. The molecule has 0 saturated heterocycles. The van der Waals surface area contributed by atoms with Crippen molar-refractivity contribution >= 4 is 29.9 Å². The Morgan fingerprint density at radius 3 is 2.42 bits per heavy atom. The highest BCUT2D eigenvalue weighted by Gasteiger charge is 2.15. The molecule has 0 saturated carbocycles. The Morgan fingerprint density at radius 1 is 1.08 bits per heavy atom. The van der Waals surface area contributed by atoms with E-state index in [1.165, 1.54) is 18.2 Å². The summed E-state index contributed by atoms with van der Waals surface area (Å²) in [5.74, 6) is 0.0503. The normalized spacial score (nSPS) is 12.5. The second-order valence-corrected chi connectivity index (χ2v) is 5.93. The van der Waals surface area contributed by atoms with Gasteiger partial charge in [0.2, 0.25) is 0 Å². The van der Waals surface area contributed by atoms with Crippen LogP contribution < -0.4 is 10.6 Å². The molecule has 0 amide bonds. The second kappa shape index (κ2) is 11.1. The first-order valence-electron chi connectivity index (χ1n) is 8.11. The van der Waals surface area contributed by atoms with Gasteiger partial charge in [-0.1, -0.05) is 30.3 Å². The van der Waals surface area contributed by atoms with Crippen LogP contribution in [-0.2, 0) is 6.54 Å². The van der Waals surface area contributed by atoms with Crippen LogP contribution in [0.3, 0.4) is 0 Å². The van der Waals surface area contributed by atoms with E-state index in [9.17, 15) is 8.78 Å². The molecule has 2 rings (SSSR count). The first kappa shape index (κ1) is 22.3. The summed E-state index contributed by atoms with van der Waals surface area (Å²) in [6, 6.07) is 13.1. The summed E-state index contributed by atoms with van der Waals surface area (Å²) in [4.78, 5) is 6.16. The number of nitrogens with zero attached hydrogens (tertiary/aromatic N) is 2. The molecular formula is C19H25F2IN4. The van der Waals surface area contributed by atoms with Crippen LogP contribution in [-0.4, -0.2) is 38.5 Å². The molecule has 0 aliphatic heterocycles. The van der Waals surface area contributed by atoms with Crippen molar-refractivity contribution in [3.8, 4) is 0 Å². The van der Waals surface area contributed by atoms with Crippen LogP contribution in [0.1, 0.15) is 17.2 Å². The topological polar surface area (TPSA) is 39.7 Å². The van der Waals surface area contributed by atoms with Gasteiger partial charge in [-0.05, 0) is 37.9 Å². The minimum atomic E-state index is -0.258. The van der Waals surface area contributed by atoms with Crippen molar-refractivity contribution in [2.45, 2.75) is 12.6 Å². The Hall–Kier alpha value is -1.74. The lowest BCUT2D eigenvalue weighted by molar-refractivity contribution is 0.297. The van der Waals surface area contributed by atoms with Gasteiger partial charge in [-0.2, -0.15) is 0 Å². The van der Waals surface area contributed by atoms with Gasteiger partial charge in [-0.3, -0.25) is 4.99 Å². The number of rotatable bonds is 6. The fraction of sp³-hybridized carbons (Fsp3) is 0.316. The number of likely N-dealkylation sites (N-methyl/N-ethyl adjacent to an activating group) is 1. The van der Waals surface area contributed by atoms with Crippen LogP contribution >= 0.6 is 24.0 Å². The number of hydrogen-bond donors (Lipinski definition) is 2. The molecule has 0 radical (unpaired) electrons. The van der Waals surface area contributed by atoms with Crippen molar-refractivity contribution in [3.05, 3.63) is 71.3 Å². The Balaban J connectivity index is 0.00000338. The zero-order valence-electron chi connectivity index (χ0n) is 15.2. The fourth-order valence-corrected chi connectivity index (χ4v) is 2.55. The maximum absolute atomic E-state index is 13.7. The van der Waals surface area contributed by atoms with Crippen molar-refractivity contribution in [1.82, 2.24) is 15.5 Å². The minimum Gasteiger partial charge on any atom is -0.354 e. The van der Waals surface area contributed by atoms with Gasteiger partial charge in [0.1, 0.15) is 11.6 Å². The highest BCUT2D eigenvalue weighted by Crippen LogP contribution is 2.18. The molecule has 4 nitrogen and oxygen atoms in total. The molecule has 0 bridgehead atoms. The second-order valence-electron chi connectivity index (χ2n) is 5.93. The zero-order chi connectivity index (χ0) is 18.2. The van der Waals surface area contributed by atoms with E-state index in [2.05, 4.69) is 15.6 Å². The molecule has 0 fully saturated rings. The first-order valence-corrected chi connectivity index (χ1v) is 8.11.